The maximum atomic E-state index is 13.3. The fourth-order valence-electron chi connectivity index (χ4n) is 3.57. The van der Waals surface area contributed by atoms with Gasteiger partial charge in [-0.15, -0.1) is 18.3 Å². The van der Waals surface area contributed by atoms with Crippen molar-refractivity contribution in [2.45, 2.75) is 23.5 Å². The van der Waals surface area contributed by atoms with Gasteiger partial charge in [0.1, 0.15) is 0 Å². The Morgan fingerprint density at radius 3 is 2.71 bits per heavy atom. The molecule has 2 aliphatic rings. The van der Waals surface area contributed by atoms with E-state index in [4.69, 9.17) is 0 Å². The van der Waals surface area contributed by atoms with Gasteiger partial charge >= 0.3 is 0 Å². The molecule has 3 amide bonds. The molecule has 0 spiro atoms. The molecule has 0 aromatic heterocycles. The third-order valence-corrected chi connectivity index (χ3v) is 6.26. The van der Waals surface area contributed by atoms with Crippen LogP contribution in [0.4, 0.5) is 5.69 Å². The molecule has 142 valence electrons. The third-order valence-electron chi connectivity index (χ3n) is 5.02. The van der Waals surface area contributed by atoms with Crippen molar-refractivity contribution in [2.24, 2.45) is 0 Å². The molecule has 1 unspecified atom stereocenters. The number of thioether (sulfide) groups is 1. The number of para-hydroxylation sites is 1. The van der Waals surface area contributed by atoms with Crippen molar-refractivity contribution in [1.29, 1.82) is 0 Å². The van der Waals surface area contributed by atoms with Gasteiger partial charge < -0.3 is 4.90 Å². The zero-order chi connectivity index (χ0) is 19.8. The Bertz CT molecular complexity index is 1000. The average molecular weight is 392 g/mol. The van der Waals surface area contributed by atoms with Gasteiger partial charge in [0.2, 0.25) is 0 Å². The molecule has 28 heavy (non-hydrogen) atoms. The first-order valence-corrected chi connectivity index (χ1v) is 10.1. The average Bonchev–Trinajstić information content (AvgIpc) is 2.84. The van der Waals surface area contributed by atoms with E-state index in [2.05, 4.69) is 13.5 Å². The summed E-state index contributed by atoms with van der Waals surface area (Å²) in [6.45, 7) is 6.51. The van der Waals surface area contributed by atoms with Crippen LogP contribution >= 0.6 is 11.8 Å². The first-order valence-electron chi connectivity index (χ1n) is 9.20. The molecule has 0 aliphatic carbocycles. The van der Waals surface area contributed by atoms with Crippen LogP contribution in [0.25, 0.3) is 0 Å². The number of hydrogen-bond donors (Lipinski definition) is 0. The molecule has 1 atom stereocenters. The number of carbonyl (C=O) groups is 3. The molecule has 0 radical (unpaired) electrons. The zero-order valence-electron chi connectivity index (χ0n) is 15.6. The highest BCUT2D eigenvalue weighted by molar-refractivity contribution is 8.00. The van der Waals surface area contributed by atoms with Gasteiger partial charge in [0.05, 0.1) is 16.8 Å². The van der Waals surface area contributed by atoms with Crippen LogP contribution in [0.1, 0.15) is 44.4 Å². The van der Waals surface area contributed by atoms with Gasteiger partial charge in [-0.1, -0.05) is 25.1 Å². The van der Waals surface area contributed by atoms with Crippen molar-refractivity contribution in [3.05, 3.63) is 71.8 Å². The minimum atomic E-state index is -0.380. The van der Waals surface area contributed by atoms with E-state index < -0.39 is 0 Å². The number of rotatable bonds is 3. The van der Waals surface area contributed by atoms with Crippen LogP contribution in [0.3, 0.4) is 0 Å². The van der Waals surface area contributed by atoms with Gasteiger partial charge in [-0.3, -0.25) is 19.3 Å². The molecular weight excluding hydrogens is 372 g/mol. The van der Waals surface area contributed by atoms with Crippen molar-refractivity contribution in [2.75, 3.05) is 18.0 Å². The van der Waals surface area contributed by atoms with Crippen LogP contribution in [0.15, 0.2) is 60.0 Å². The van der Waals surface area contributed by atoms with Crippen molar-refractivity contribution in [3.63, 3.8) is 0 Å². The SMILES string of the molecule is C=CCN1C(=O)c2ccc(C(=O)N3CCC(C)Sc4ccccc43)cc2C1=O. The predicted molar refractivity (Wildman–Crippen MR) is 110 cm³/mol. The minimum Gasteiger partial charge on any atom is -0.307 e. The molecule has 2 aromatic carbocycles. The molecule has 0 bridgehead atoms. The van der Waals surface area contributed by atoms with E-state index in [1.54, 1.807) is 34.9 Å². The highest BCUT2D eigenvalue weighted by Gasteiger charge is 2.36. The summed E-state index contributed by atoms with van der Waals surface area (Å²) in [6, 6.07) is 12.6. The minimum absolute atomic E-state index is 0.157. The molecule has 0 fully saturated rings. The second kappa shape index (κ2) is 7.28. The largest absolute Gasteiger partial charge is 0.307 e. The summed E-state index contributed by atoms with van der Waals surface area (Å²) in [7, 11) is 0. The molecule has 2 aromatic rings. The lowest BCUT2D eigenvalue weighted by atomic mass is 10.0. The summed E-state index contributed by atoms with van der Waals surface area (Å²) in [5, 5.41) is 0.408. The lowest BCUT2D eigenvalue weighted by Gasteiger charge is -2.22. The summed E-state index contributed by atoms with van der Waals surface area (Å²) in [4.78, 5) is 42.3. The van der Waals surface area contributed by atoms with E-state index in [0.717, 1.165) is 21.9 Å². The van der Waals surface area contributed by atoms with Crippen molar-refractivity contribution in [1.82, 2.24) is 4.90 Å². The third kappa shape index (κ3) is 3.03. The number of hydrogen-bond acceptors (Lipinski definition) is 4. The van der Waals surface area contributed by atoms with Gasteiger partial charge in [-0.05, 0) is 36.8 Å². The van der Waals surface area contributed by atoms with Gasteiger partial charge in [0.15, 0.2) is 0 Å². The number of fused-ring (bicyclic) bond motifs is 2. The summed E-state index contributed by atoms with van der Waals surface area (Å²) in [5.74, 6) is -0.883. The summed E-state index contributed by atoms with van der Waals surface area (Å²) in [5.41, 5.74) is 1.92. The molecule has 2 heterocycles. The summed E-state index contributed by atoms with van der Waals surface area (Å²) >= 11 is 1.77. The lowest BCUT2D eigenvalue weighted by molar-refractivity contribution is 0.0672. The van der Waals surface area contributed by atoms with E-state index in [0.29, 0.717) is 22.9 Å². The molecular formula is C22H20N2O3S. The Kier molecular flexibility index (Phi) is 4.81. The molecule has 0 N–H and O–H groups in total. The number of amides is 3. The van der Waals surface area contributed by atoms with E-state index in [1.807, 2.05) is 24.3 Å². The summed E-state index contributed by atoms with van der Waals surface area (Å²) < 4.78 is 0. The second-order valence-electron chi connectivity index (χ2n) is 6.91. The Morgan fingerprint density at radius 1 is 1.18 bits per heavy atom. The fraction of sp³-hybridized carbons (Fsp3) is 0.227. The smallest absolute Gasteiger partial charge is 0.261 e. The number of anilines is 1. The Labute approximate surface area is 168 Å². The van der Waals surface area contributed by atoms with E-state index in [-0.39, 0.29) is 29.8 Å². The number of imide groups is 1. The molecule has 5 nitrogen and oxygen atoms in total. The first kappa shape index (κ1) is 18.5. The highest BCUT2D eigenvalue weighted by Crippen LogP contribution is 2.38. The standard InChI is InChI=1S/C22H20N2O3S/c1-3-11-24-21(26)16-9-8-15(13-17(16)22(24)27)20(25)23-12-10-14(2)28-19-7-5-4-6-18(19)23/h3-9,13-14H,1,10-12H2,2H3. The Hall–Kier alpha value is -2.86. The zero-order valence-corrected chi connectivity index (χ0v) is 16.4. The molecule has 0 saturated carbocycles. The maximum absolute atomic E-state index is 13.3. The highest BCUT2D eigenvalue weighted by atomic mass is 32.2. The summed E-state index contributed by atoms with van der Waals surface area (Å²) in [6.07, 6.45) is 2.39. The van der Waals surface area contributed by atoms with E-state index >= 15 is 0 Å². The Balaban J connectivity index is 1.70. The Morgan fingerprint density at radius 2 is 1.93 bits per heavy atom. The monoisotopic (exact) mass is 392 g/mol. The number of benzene rings is 2. The van der Waals surface area contributed by atoms with Crippen LogP contribution in [0.5, 0.6) is 0 Å². The van der Waals surface area contributed by atoms with Gasteiger partial charge in [-0.2, -0.15) is 0 Å². The molecule has 2 aliphatic heterocycles. The van der Waals surface area contributed by atoms with Crippen LogP contribution in [0, 0.1) is 0 Å². The van der Waals surface area contributed by atoms with E-state index in [1.165, 1.54) is 6.08 Å². The van der Waals surface area contributed by atoms with Crippen LogP contribution in [0.2, 0.25) is 0 Å². The van der Waals surface area contributed by atoms with Crippen molar-refractivity contribution >= 4 is 35.2 Å². The molecule has 0 saturated heterocycles. The van der Waals surface area contributed by atoms with Crippen LogP contribution in [-0.4, -0.2) is 41.0 Å². The number of nitrogens with zero attached hydrogens (tertiary/aromatic N) is 2. The van der Waals surface area contributed by atoms with Gasteiger partial charge in [0.25, 0.3) is 17.7 Å². The van der Waals surface area contributed by atoms with Crippen molar-refractivity contribution < 1.29 is 14.4 Å². The maximum Gasteiger partial charge on any atom is 0.261 e. The van der Waals surface area contributed by atoms with Gasteiger partial charge in [-0.25, -0.2) is 0 Å². The van der Waals surface area contributed by atoms with Gasteiger partial charge in [0, 0.05) is 28.8 Å². The quantitative estimate of drug-likeness (QED) is 0.585. The normalized spacial score (nSPS) is 18.5. The fourth-order valence-corrected chi connectivity index (χ4v) is 4.69. The topological polar surface area (TPSA) is 57.7 Å². The van der Waals surface area contributed by atoms with Crippen molar-refractivity contribution in [3.8, 4) is 0 Å². The second-order valence-corrected chi connectivity index (χ2v) is 8.39. The predicted octanol–water partition coefficient (Wildman–Crippen LogP) is 4.00. The van der Waals surface area contributed by atoms with E-state index in [9.17, 15) is 14.4 Å². The molecule has 6 heteroatoms. The van der Waals surface area contributed by atoms with Crippen LogP contribution < -0.4 is 4.90 Å². The van der Waals surface area contributed by atoms with Crippen LogP contribution in [-0.2, 0) is 0 Å². The molecule has 4 rings (SSSR count). The lowest BCUT2D eigenvalue weighted by Crippen LogP contribution is -2.32. The number of carbonyl (C=O) groups excluding carboxylic acids is 3. The first-order chi connectivity index (χ1) is 13.5.